The molecule has 2 aromatic carbocycles. The normalized spacial score (nSPS) is 11.3. The Morgan fingerprint density at radius 3 is 2.64 bits per heavy atom. The third kappa shape index (κ3) is 3.56. The molecule has 0 saturated heterocycles. The van der Waals surface area contributed by atoms with Gasteiger partial charge in [0.1, 0.15) is 28.6 Å². The molecule has 0 aliphatic rings. The number of imidazole rings is 1. The van der Waals surface area contributed by atoms with Crippen LogP contribution in [0, 0.1) is 19.7 Å². The van der Waals surface area contributed by atoms with Gasteiger partial charge in [0.25, 0.3) is 0 Å². The van der Waals surface area contributed by atoms with Crippen LogP contribution in [-0.2, 0) is 0 Å². The van der Waals surface area contributed by atoms with Crippen molar-refractivity contribution in [2.75, 3.05) is 0 Å². The Morgan fingerprint density at radius 1 is 1.09 bits per heavy atom. The van der Waals surface area contributed by atoms with Gasteiger partial charge >= 0.3 is 5.97 Å². The molecule has 0 amide bonds. The zero-order chi connectivity index (χ0) is 23.3. The van der Waals surface area contributed by atoms with Crippen LogP contribution in [0.2, 0.25) is 5.02 Å². The lowest BCUT2D eigenvalue weighted by atomic mass is 10.0. The van der Waals surface area contributed by atoms with E-state index in [2.05, 4.69) is 4.98 Å². The van der Waals surface area contributed by atoms with Crippen molar-refractivity contribution in [1.29, 1.82) is 0 Å². The second kappa shape index (κ2) is 7.86. The fraction of sp³-hybridized carbons (Fsp3) is 0.0800. The van der Waals surface area contributed by atoms with Crippen LogP contribution in [-0.4, -0.2) is 15.4 Å². The number of hydrogen-bond donors (Lipinski definition) is 0. The first-order chi connectivity index (χ1) is 15.8. The maximum Gasteiger partial charge on any atom is 0.363 e. The fourth-order valence-corrected chi connectivity index (χ4v) is 4.04. The molecular weight excluding hydrogens is 447 g/mol. The minimum Gasteiger partial charge on any atom is -0.460 e. The first kappa shape index (κ1) is 20.9. The highest BCUT2D eigenvalue weighted by Crippen LogP contribution is 2.33. The van der Waals surface area contributed by atoms with E-state index in [0.29, 0.717) is 5.65 Å². The summed E-state index contributed by atoms with van der Waals surface area (Å²) in [4.78, 5) is 30.1. The topological polar surface area (TPSA) is 73.8 Å². The highest BCUT2D eigenvalue weighted by Gasteiger charge is 2.20. The third-order valence-corrected chi connectivity index (χ3v) is 5.68. The van der Waals surface area contributed by atoms with E-state index in [1.165, 1.54) is 36.4 Å². The highest BCUT2D eigenvalue weighted by molar-refractivity contribution is 6.33. The number of benzene rings is 2. The van der Waals surface area contributed by atoms with E-state index >= 15 is 0 Å². The lowest BCUT2D eigenvalue weighted by Gasteiger charge is -2.10. The number of esters is 1. The summed E-state index contributed by atoms with van der Waals surface area (Å²) in [6.45, 7) is 3.46. The monoisotopic (exact) mass is 462 g/mol. The summed E-state index contributed by atoms with van der Waals surface area (Å²) in [5.74, 6) is -0.893. The van der Waals surface area contributed by atoms with Crippen LogP contribution in [0.15, 0.2) is 70.0 Å². The van der Waals surface area contributed by atoms with Gasteiger partial charge in [-0.05, 0) is 50.2 Å². The average molecular weight is 463 g/mol. The maximum absolute atomic E-state index is 14.4. The van der Waals surface area contributed by atoms with Gasteiger partial charge in [-0.25, -0.2) is 14.2 Å². The molecule has 0 aliphatic heterocycles. The van der Waals surface area contributed by atoms with Crippen molar-refractivity contribution < 1.29 is 18.3 Å². The van der Waals surface area contributed by atoms with Gasteiger partial charge in [0, 0.05) is 23.5 Å². The molecule has 0 atom stereocenters. The lowest BCUT2D eigenvalue weighted by Crippen LogP contribution is -2.11. The number of pyridine rings is 1. The Labute approximate surface area is 191 Å². The average Bonchev–Trinajstić information content (AvgIpc) is 3.21. The molecule has 3 heterocycles. The molecule has 164 valence electrons. The predicted molar refractivity (Wildman–Crippen MR) is 123 cm³/mol. The molecule has 3 aromatic heterocycles. The zero-order valence-corrected chi connectivity index (χ0v) is 18.3. The summed E-state index contributed by atoms with van der Waals surface area (Å²) < 4.78 is 27.5. The van der Waals surface area contributed by atoms with E-state index in [1.54, 1.807) is 23.6 Å². The predicted octanol–water partition coefficient (Wildman–Crippen LogP) is 5.74. The molecule has 0 bridgehead atoms. The van der Waals surface area contributed by atoms with Crippen LogP contribution in [0.3, 0.4) is 0 Å². The number of rotatable bonds is 3. The second-order valence-corrected chi connectivity index (χ2v) is 7.94. The fourth-order valence-electron chi connectivity index (χ4n) is 3.78. The van der Waals surface area contributed by atoms with Gasteiger partial charge in [0.2, 0.25) is 5.43 Å². The van der Waals surface area contributed by atoms with Crippen LogP contribution in [0.5, 0.6) is 5.75 Å². The first-order valence-corrected chi connectivity index (χ1v) is 10.4. The Hall–Kier alpha value is -3.97. The molecule has 8 heteroatoms. The molecular formula is C25H16ClFN2O4. The van der Waals surface area contributed by atoms with E-state index in [4.69, 9.17) is 20.8 Å². The number of carbonyl (C=O) groups is 1. The maximum atomic E-state index is 14.4. The third-order valence-electron chi connectivity index (χ3n) is 5.37. The molecule has 0 N–H and O–H groups in total. The van der Waals surface area contributed by atoms with Crippen LogP contribution in [0.4, 0.5) is 4.39 Å². The molecule has 0 radical (unpaired) electrons. The lowest BCUT2D eigenvalue weighted by molar-refractivity contribution is 0.0729. The number of nitrogens with zero attached hydrogens (tertiary/aromatic N) is 2. The number of hydrogen-bond acceptors (Lipinski definition) is 5. The summed E-state index contributed by atoms with van der Waals surface area (Å²) in [7, 11) is 0. The first-order valence-electron chi connectivity index (χ1n) is 10.0. The van der Waals surface area contributed by atoms with Crippen molar-refractivity contribution in [1.82, 2.24) is 9.38 Å². The van der Waals surface area contributed by atoms with E-state index < -0.39 is 17.2 Å². The molecule has 0 saturated carbocycles. The molecule has 0 spiro atoms. The zero-order valence-electron chi connectivity index (χ0n) is 17.6. The van der Waals surface area contributed by atoms with Crippen LogP contribution in [0.25, 0.3) is 27.7 Å². The minimum atomic E-state index is -0.647. The number of ether oxygens (including phenoxy) is 1. The van der Waals surface area contributed by atoms with Gasteiger partial charge in [-0.2, -0.15) is 0 Å². The minimum absolute atomic E-state index is 0.00929. The molecule has 0 aliphatic carbocycles. The van der Waals surface area contributed by atoms with Crippen molar-refractivity contribution >= 4 is 34.2 Å². The van der Waals surface area contributed by atoms with Gasteiger partial charge in [-0.1, -0.05) is 23.7 Å². The van der Waals surface area contributed by atoms with E-state index in [0.717, 1.165) is 5.69 Å². The molecule has 5 aromatic rings. The second-order valence-electron chi connectivity index (χ2n) is 7.53. The summed E-state index contributed by atoms with van der Waals surface area (Å²) >= 11 is 6.15. The van der Waals surface area contributed by atoms with Gasteiger partial charge < -0.3 is 13.6 Å². The summed E-state index contributed by atoms with van der Waals surface area (Å²) in [5, 5.41) is 0.316. The standard InChI is InChI=1S/C25H16ClFN2O4/c1-13-5-3-8-21-28-19(12-29(13)21)25(31)33-15-9-10-16-20(11-15)32-14(2)22(24(16)30)23-17(26)6-4-7-18(23)27/h3-12H,1-2H3. The Balaban J connectivity index is 1.53. The molecule has 33 heavy (non-hydrogen) atoms. The van der Waals surface area contributed by atoms with Gasteiger partial charge in [0.15, 0.2) is 5.69 Å². The van der Waals surface area contributed by atoms with E-state index in [1.807, 2.05) is 19.1 Å². The summed E-state index contributed by atoms with van der Waals surface area (Å²) in [5.41, 5.74) is 1.50. The van der Waals surface area contributed by atoms with E-state index in [9.17, 15) is 14.0 Å². The van der Waals surface area contributed by atoms with Crippen molar-refractivity contribution in [2.45, 2.75) is 13.8 Å². The molecule has 5 rings (SSSR count). The van der Waals surface area contributed by atoms with Crippen LogP contribution in [0.1, 0.15) is 21.9 Å². The van der Waals surface area contributed by atoms with E-state index in [-0.39, 0.29) is 44.3 Å². The van der Waals surface area contributed by atoms with Gasteiger partial charge in [-0.15, -0.1) is 0 Å². The number of halogens is 2. The molecule has 6 nitrogen and oxygen atoms in total. The largest absolute Gasteiger partial charge is 0.460 e. The van der Waals surface area contributed by atoms with Crippen molar-refractivity contribution in [3.8, 4) is 16.9 Å². The van der Waals surface area contributed by atoms with Crippen molar-refractivity contribution in [3.63, 3.8) is 0 Å². The quantitative estimate of drug-likeness (QED) is 0.252. The van der Waals surface area contributed by atoms with Crippen LogP contribution < -0.4 is 10.2 Å². The van der Waals surface area contributed by atoms with Gasteiger partial charge in [-0.3, -0.25) is 4.79 Å². The SMILES string of the molecule is Cc1oc2cc(OC(=O)c3cn4c(C)cccc4n3)ccc2c(=O)c1-c1c(F)cccc1Cl. The molecule has 0 unspecified atom stereocenters. The Kier molecular flexibility index (Phi) is 4.98. The number of aryl methyl sites for hydroxylation is 2. The Morgan fingerprint density at radius 2 is 1.88 bits per heavy atom. The Bertz CT molecular complexity index is 1620. The number of fused-ring (bicyclic) bond motifs is 2. The summed E-state index contributed by atoms with van der Waals surface area (Å²) in [6, 6.07) is 14.1. The molecule has 0 fully saturated rings. The van der Waals surface area contributed by atoms with Gasteiger partial charge in [0.05, 0.1) is 16.0 Å². The smallest absolute Gasteiger partial charge is 0.363 e. The van der Waals surface area contributed by atoms with Crippen LogP contribution >= 0.6 is 11.6 Å². The van der Waals surface area contributed by atoms with Crippen molar-refractivity contribution in [2.24, 2.45) is 0 Å². The highest BCUT2D eigenvalue weighted by atomic mass is 35.5. The van der Waals surface area contributed by atoms with Crippen molar-refractivity contribution in [3.05, 3.63) is 99.0 Å². The number of aromatic nitrogens is 2. The summed E-state index contributed by atoms with van der Waals surface area (Å²) in [6.07, 6.45) is 1.60. The number of carbonyl (C=O) groups excluding carboxylic acids is 1.